The van der Waals surface area contributed by atoms with Gasteiger partial charge in [-0.1, -0.05) is 0 Å². The second-order valence-electron chi connectivity index (χ2n) is 2.87. The molecule has 0 aromatic heterocycles. The van der Waals surface area contributed by atoms with Gasteiger partial charge in [-0.3, -0.25) is 4.79 Å². The average Bonchev–Trinajstić information content (AvgIpc) is 2.15. The summed E-state index contributed by atoms with van der Waals surface area (Å²) in [5, 5.41) is 2.59. The molecule has 1 aromatic carbocycles. The van der Waals surface area contributed by atoms with Crippen LogP contribution < -0.4 is 11.1 Å². The second-order valence-corrected chi connectivity index (χ2v) is 2.87. The number of carbonyl (C=O) groups is 1. The Morgan fingerprint density at radius 1 is 1.40 bits per heavy atom. The molecule has 3 N–H and O–H groups in total. The third kappa shape index (κ3) is 2.39. The molecule has 0 bridgehead atoms. The van der Waals surface area contributed by atoms with E-state index in [1.54, 1.807) is 0 Å². The summed E-state index contributed by atoms with van der Waals surface area (Å²) in [4.78, 5) is 10.9. The number of nitrogens with two attached hydrogens (primary N) is 1. The number of amides is 1. The zero-order chi connectivity index (χ0) is 11.6. The van der Waals surface area contributed by atoms with Crippen LogP contribution in [0.2, 0.25) is 0 Å². The largest absolute Gasteiger partial charge is 0.416 e. The van der Waals surface area contributed by atoms with Gasteiger partial charge in [-0.2, -0.15) is 13.2 Å². The Morgan fingerprint density at radius 3 is 2.40 bits per heavy atom. The smallest absolute Gasteiger partial charge is 0.387 e. The van der Waals surface area contributed by atoms with Crippen LogP contribution in [-0.2, 0) is 6.18 Å². The van der Waals surface area contributed by atoms with Crippen molar-refractivity contribution in [2.75, 3.05) is 12.4 Å². The van der Waals surface area contributed by atoms with E-state index in [0.717, 1.165) is 12.1 Å². The summed E-state index contributed by atoms with van der Waals surface area (Å²) in [7, 11) is 1.50. The third-order valence-electron chi connectivity index (χ3n) is 1.88. The maximum atomic E-state index is 12.3. The van der Waals surface area contributed by atoms with Crippen molar-refractivity contribution in [1.29, 1.82) is 0 Å². The summed E-state index contributed by atoms with van der Waals surface area (Å²) in [6, 6.07) is 2.79. The Balaban J connectivity index is 3.28. The summed E-state index contributed by atoms with van der Waals surface area (Å²) in [5.74, 6) is -0.898. The molecular weight excluding hydrogens is 209 g/mol. The molecule has 3 nitrogen and oxygen atoms in total. The van der Waals surface area contributed by atoms with Crippen LogP contribution in [-0.4, -0.2) is 13.0 Å². The molecule has 0 aliphatic carbocycles. The van der Waals surface area contributed by atoms with Crippen LogP contribution >= 0.6 is 0 Å². The van der Waals surface area contributed by atoms with Crippen molar-refractivity contribution in [3.05, 3.63) is 29.3 Å². The minimum absolute atomic E-state index is 0.174. The van der Waals surface area contributed by atoms with Crippen LogP contribution in [0.15, 0.2) is 18.2 Å². The van der Waals surface area contributed by atoms with E-state index in [1.165, 1.54) is 13.1 Å². The molecule has 0 saturated carbocycles. The highest BCUT2D eigenvalue weighted by Crippen LogP contribution is 2.31. The molecule has 82 valence electrons. The fourth-order valence-corrected chi connectivity index (χ4v) is 1.14. The zero-order valence-corrected chi connectivity index (χ0v) is 7.85. The first-order valence-electron chi connectivity index (χ1n) is 4.05. The topological polar surface area (TPSA) is 55.1 Å². The van der Waals surface area contributed by atoms with E-state index in [9.17, 15) is 18.0 Å². The number of halogens is 3. The van der Waals surface area contributed by atoms with Gasteiger partial charge in [-0.25, -0.2) is 0 Å². The van der Waals surface area contributed by atoms with Gasteiger partial charge in [0.25, 0.3) is 5.91 Å². The van der Waals surface area contributed by atoms with Gasteiger partial charge in [0.1, 0.15) is 0 Å². The van der Waals surface area contributed by atoms with E-state index in [0.29, 0.717) is 0 Å². The van der Waals surface area contributed by atoms with Crippen LogP contribution in [0.4, 0.5) is 18.9 Å². The van der Waals surface area contributed by atoms with Gasteiger partial charge in [0.15, 0.2) is 0 Å². The molecule has 0 unspecified atom stereocenters. The number of rotatable bonds is 2. The first-order chi connectivity index (χ1) is 6.86. The van der Waals surface area contributed by atoms with E-state index in [-0.39, 0.29) is 11.3 Å². The number of hydrogen-bond acceptors (Lipinski definition) is 2. The summed E-state index contributed by atoms with van der Waals surface area (Å²) >= 11 is 0. The van der Waals surface area contributed by atoms with E-state index >= 15 is 0 Å². The summed E-state index contributed by atoms with van der Waals surface area (Å²) in [6.07, 6.45) is -4.48. The molecule has 0 heterocycles. The lowest BCUT2D eigenvalue weighted by Crippen LogP contribution is -2.15. The number of alkyl halides is 3. The van der Waals surface area contributed by atoms with Crippen molar-refractivity contribution in [3.63, 3.8) is 0 Å². The highest BCUT2D eigenvalue weighted by Gasteiger charge is 2.31. The SMILES string of the molecule is CNc1ccc(C(F)(F)F)cc1C(N)=O. The van der Waals surface area contributed by atoms with Gasteiger partial charge in [-0.05, 0) is 18.2 Å². The highest BCUT2D eigenvalue weighted by atomic mass is 19.4. The molecule has 1 rings (SSSR count). The normalized spacial score (nSPS) is 11.2. The van der Waals surface area contributed by atoms with Gasteiger partial charge in [-0.15, -0.1) is 0 Å². The van der Waals surface area contributed by atoms with Crippen molar-refractivity contribution < 1.29 is 18.0 Å². The molecular formula is C9H9F3N2O. The lowest BCUT2D eigenvalue weighted by Gasteiger charge is -2.10. The predicted molar refractivity (Wildman–Crippen MR) is 49.5 cm³/mol. The predicted octanol–water partition coefficient (Wildman–Crippen LogP) is 1.85. The molecule has 6 heteroatoms. The minimum Gasteiger partial charge on any atom is -0.387 e. The van der Waals surface area contributed by atoms with Crippen molar-refractivity contribution in [2.24, 2.45) is 5.73 Å². The summed E-state index contributed by atoms with van der Waals surface area (Å²) in [6.45, 7) is 0. The highest BCUT2D eigenvalue weighted by molar-refractivity contribution is 5.98. The average molecular weight is 218 g/mol. The second kappa shape index (κ2) is 3.80. The molecule has 0 atom stereocenters. The third-order valence-corrected chi connectivity index (χ3v) is 1.88. The molecule has 15 heavy (non-hydrogen) atoms. The molecule has 0 spiro atoms. The van der Waals surface area contributed by atoms with Crippen molar-refractivity contribution >= 4 is 11.6 Å². The van der Waals surface area contributed by atoms with E-state index < -0.39 is 17.6 Å². The van der Waals surface area contributed by atoms with Gasteiger partial charge in [0.05, 0.1) is 11.1 Å². The minimum atomic E-state index is -4.48. The molecule has 0 radical (unpaired) electrons. The Kier molecular flexibility index (Phi) is 2.88. The van der Waals surface area contributed by atoms with Crippen LogP contribution in [0.3, 0.4) is 0 Å². The van der Waals surface area contributed by atoms with Gasteiger partial charge in [0, 0.05) is 12.7 Å². The Morgan fingerprint density at radius 2 is 2.00 bits per heavy atom. The van der Waals surface area contributed by atoms with Gasteiger partial charge in [0.2, 0.25) is 0 Å². The summed E-state index contributed by atoms with van der Waals surface area (Å²) in [5.41, 5.74) is 4.16. The molecule has 0 aliphatic rings. The van der Waals surface area contributed by atoms with Crippen molar-refractivity contribution in [3.8, 4) is 0 Å². The first kappa shape index (κ1) is 11.4. The van der Waals surface area contributed by atoms with Crippen molar-refractivity contribution in [1.82, 2.24) is 0 Å². The molecule has 0 fully saturated rings. The summed E-state index contributed by atoms with van der Waals surface area (Å²) < 4.78 is 36.9. The Bertz CT molecular complexity index is 387. The maximum absolute atomic E-state index is 12.3. The number of anilines is 1. The van der Waals surface area contributed by atoms with Crippen LogP contribution in [0.5, 0.6) is 0 Å². The maximum Gasteiger partial charge on any atom is 0.416 e. The van der Waals surface area contributed by atoms with Gasteiger partial charge < -0.3 is 11.1 Å². The van der Waals surface area contributed by atoms with E-state index in [4.69, 9.17) is 5.73 Å². The van der Waals surface area contributed by atoms with Crippen LogP contribution in [0, 0.1) is 0 Å². The zero-order valence-electron chi connectivity index (χ0n) is 7.85. The van der Waals surface area contributed by atoms with Crippen LogP contribution in [0.1, 0.15) is 15.9 Å². The number of hydrogen-bond donors (Lipinski definition) is 2. The lowest BCUT2D eigenvalue weighted by atomic mass is 10.1. The van der Waals surface area contributed by atoms with Gasteiger partial charge >= 0.3 is 6.18 Å². The fraction of sp³-hybridized carbons (Fsp3) is 0.222. The number of nitrogens with one attached hydrogen (secondary N) is 1. The first-order valence-corrected chi connectivity index (χ1v) is 4.05. The molecule has 0 saturated heterocycles. The lowest BCUT2D eigenvalue weighted by molar-refractivity contribution is -0.137. The number of primary amides is 1. The monoisotopic (exact) mass is 218 g/mol. The Hall–Kier alpha value is -1.72. The molecule has 1 amide bonds. The van der Waals surface area contributed by atoms with Crippen molar-refractivity contribution in [2.45, 2.75) is 6.18 Å². The molecule has 0 aliphatic heterocycles. The van der Waals surface area contributed by atoms with E-state index in [1.807, 2.05) is 0 Å². The standard InChI is InChI=1S/C9H9F3N2O/c1-14-7-3-2-5(9(10,11)12)4-6(7)8(13)15/h2-4,14H,1H3,(H2,13,15). The van der Waals surface area contributed by atoms with E-state index in [2.05, 4.69) is 5.32 Å². The van der Waals surface area contributed by atoms with Crippen LogP contribution in [0.25, 0.3) is 0 Å². The number of benzene rings is 1. The number of carbonyl (C=O) groups excluding carboxylic acids is 1. The Labute approximate surface area is 84.1 Å². The molecule has 1 aromatic rings. The quantitative estimate of drug-likeness (QED) is 0.795. The fourth-order valence-electron chi connectivity index (χ4n) is 1.14.